The van der Waals surface area contributed by atoms with E-state index in [-0.39, 0.29) is 0 Å². The van der Waals surface area contributed by atoms with Crippen molar-refractivity contribution in [1.29, 1.82) is 0 Å². The average Bonchev–Trinajstić information content (AvgIpc) is 2.50. The number of nitrogens with zero attached hydrogens (tertiary/aromatic N) is 1. The lowest BCUT2D eigenvalue weighted by Gasteiger charge is -2.33. The van der Waals surface area contributed by atoms with Gasteiger partial charge in [0.2, 0.25) is 0 Å². The molecule has 0 aromatic heterocycles. The Kier molecular flexibility index (Phi) is 6.30. The lowest BCUT2D eigenvalue weighted by Crippen LogP contribution is -2.43. The molecule has 0 saturated carbocycles. The van der Waals surface area contributed by atoms with Crippen molar-refractivity contribution in [3.05, 3.63) is 34.9 Å². The largest absolute Gasteiger partial charge is 0.376 e. The number of halogens is 1. The molecule has 0 bridgehead atoms. The van der Waals surface area contributed by atoms with Crippen LogP contribution in [0.2, 0.25) is 5.02 Å². The summed E-state index contributed by atoms with van der Waals surface area (Å²) < 4.78 is 5.72. The van der Waals surface area contributed by atoms with Crippen molar-refractivity contribution in [3.8, 4) is 0 Å². The van der Waals surface area contributed by atoms with Gasteiger partial charge >= 0.3 is 0 Å². The van der Waals surface area contributed by atoms with Crippen LogP contribution >= 0.6 is 11.6 Å². The van der Waals surface area contributed by atoms with Gasteiger partial charge in [0.1, 0.15) is 0 Å². The number of hydrogen-bond acceptors (Lipinski definition) is 3. The molecule has 1 aromatic carbocycles. The van der Waals surface area contributed by atoms with Crippen LogP contribution in [0, 0.1) is 0 Å². The van der Waals surface area contributed by atoms with Gasteiger partial charge in [-0.15, -0.1) is 0 Å². The molecular weight excluding hydrogens is 272 g/mol. The van der Waals surface area contributed by atoms with Gasteiger partial charge in [0.15, 0.2) is 0 Å². The summed E-state index contributed by atoms with van der Waals surface area (Å²) in [6.07, 6.45) is 2.62. The highest BCUT2D eigenvalue weighted by Crippen LogP contribution is 2.20. The number of nitrogens with one attached hydrogen (secondary N) is 1. The zero-order valence-electron chi connectivity index (χ0n) is 12.4. The highest BCUT2D eigenvalue weighted by molar-refractivity contribution is 6.30. The first kappa shape index (κ1) is 15.8. The van der Waals surface area contributed by atoms with Crippen molar-refractivity contribution >= 4 is 11.6 Å². The number of morpholine rings is 1. The van der Waals surface area contributed by atoms with E-state index in [0.717, 1.165) is 44.1 Å². The van der Waals surface area contributed by atoms with E-state index in [2.05, 4.69) is 29.3 Å². The summed E-state index contributed by atoms with van der Waals surface area (Å²) in [5.41, 5.74) is 1.30. The molecule has 0 aliphatic carbocycles. The van der Waals surface area contributed by atoms with Crippen LogP contribution in [0.15, 0.2) is 24.3 Å². The van der Waals surface area contributed by atoms with Crippen molar-refractivity contribution in [2.45, 2.75) is 31.9 Å². The molecule has 1 aromatic rings. The Labute approximate surface area is 127 Å². The predicted molar refractivity (Wildman–Crippen MR) is 84.3 cm³/mol. The maximum Gasteiger partial charge on any atom is 0.0700 e. The Morgan fingerprint density at radius 2 is 2.15 bits per heavy atom. The Balaban J connectivity index is 1.85. The third-order valence-electron chi connectivity index (χ3n) is 4.03. The molecule has 2 rings (SSSR count). The van der Waals surface area contributed by atoms with Crippen molar-refractivity contribution in [2.24, 2.45) is 0 Å². The quantitative estimate of drug-likeness (QED) is 0.873. The minimum Gasteiger partial charge on any atom is -0.376 e. The molecule has 1 aliphatic rings. The van der Waals surface area contributed by atoms with Gasteiger partial charge in [0.05, 0.1) is 12.7 Å². The van der Waals surface area contributed by atoms with Crippen molar-refractivity contribution < 1.29 is 4.74 Å². The van der Waals surface area contributed by atoms with E-state index in [4.69, 9.17) is 16.3 Å². The zero-order chi connectivity index (χ0) is 14.4. The molecule has 1 fully saturated rings. The maximum atomic E-state index is 5.95. The van der Waals surface area contributed by atoms with Gasteiger partial charge in [-0.2, -0.15) is 0 Å². The maximum absolute atomic E-state index is 5.95. The van der Waals surface area contributed by atoms with Crippen LogP contribution in [0.4, 0.5) is 0 Å². The number of ether oxygens (including phenoxy) is 1. The van der Waals surface area contributed by atoms with E-state index >= 15 is 0 Å². The fourth-order valence-electron chi connectivity index (χ4n) is 2.71. The SMILES string of the molecule is CCC1CN(CCC(NC)c2ccc(Cl)cc2)CCO1. The molecule has 1 aliphatic heterocycles. The first-order chi connectivity index (χ1) is 9.72. The lowest BCUT2D eigenvalue weighted by atomic mass is 10.0. The molecule has 0 radical (unpaired) electrons. The molecule has 3 nitrogen and oxygen atoms in total. The number of hydrogen-bond donors (Lipinski definition) is 1. The monoisotopic (exact) mass is 296 g/mol. The summed E-state index contributed by atoms with van der Waals surface area (Å²) in [5, 5.41) is 4.20. The highest BCUT2D eigenvalue weighted by Gasteiger charge is 2.19. The van der Waals surface area contributed by atoms with Gasteiger partial charge < -0.3 is 10.1 Å². The van der Waals surface area contributed by atoms with Gasteiger partial charge in [-0.3, -0.25) is 4.90 Å². The van der Waals surface area contributed by atoms with E-state index in [0.29, 0.717) is 12.1 Å². The first-order valence-electron chi connectivity index (χ1n) is 7.49. The fraction of sp³-hybridized carbons (Fsp3) is 0.625. The molecule has 1 heterocycles. The minimum absolute atomic E-state index is 0.384. The Bertz CT molecular complexity index is 396. The van der Waals surface area contributed by atoms with Crippen LogP contribution in [0.5, 0.6) is 0 Å². The van der Waals surface area contributed by atoms with Crippen LogP contribution in [0.1, 0.15) is 31.4 Å². The topological polar surface area (TPSA) is 24.5 Å². The summed E-state index contributed by atoms with van der Waals surface area (Å²) in [5.74, 6) is 0. The van der Waals surface area contributed by atoms with Crippen LogP contribution in [-0.2, 0) is 4.74 Å². The molecule has 0 spiro atoms. The van der Waals surface area contributed by atoms with Crippen LogP contribution < -0.4 is 5.32 Å². The van der Waals surface area contributed by atoms with Gasteiger partial charge in [0, 0.05) is 30.7 Å². The molecule has 2 unspecified atom stereocenters. The van der Waals surface area contributed by atoms with Gasteiger partial charge in [0.25, 0.3) is 0 Å². The molecule has 0 amide bonds. The van der Waals surface area contributed by atoms with Crippen LogP contribution in [0.3, 0.4) is 0 Å². The van der Waals surface area contributed by atoms with E-state index in [1.807, 2.05) is 19.2 Å². The van der Waals surface area contributed by atoms with Crippen molar-refractivity contribution in [3.63, 3.8) is 0 Å². The normalized spacial score (nSPS) is 21.9. The summed E-state index contributed by atoms with van der Waals surface area (Å²) in [6, 6.07) is 8.52. The molecule has 1 saturated heterocycles. The fourth-order valence-corrected chi connectivity index (χ4v) is 2.84. The standard InChI is InChI=1S/C16H25ClN2O/c1-3-15-12-19(10-11-20-15)9-8-16(18-2)13-4-6-14(17)7-5-13/h4-7,15-16,18H,3,8-12H2,1-2H3. The summed E-state index contributed by atoms with van der Waals surface area (Å²) in [4.78, 5) is 2.51. The Morgan fingerprint density at radius 1 is 1.40 bits per heavy atom. The third-order valence-corrected chi connectivity index (χ3v) is 4.29. The molecular formula is C16H25ClN2O. The van der Waals surface area contributed by atoms with Gasteiger partial charge in [-0.1, -0.05) is 30.7 Å². The molecule has 112 valence electrons. The predicted octanol–water partition coefficient (Wildman–Crippen LogP) is 3.10. The highest BCUT2D eigenvalue weighted by atomic mass is 35.5. The average molecular weight is 297 g/mol. The summed E-state index contributed by atoms with van der Waals surface area (Å²) >= 11 is 5.95. The lowest BCUT2D eigenvalue weighted by molar-refractivity contribution is -0.0304. The smallest absolute Gasteiger partial charge is 0.0700 e. The molecule has 1 N–H and O–H groups in total. The second kappa shape index (κ2) is 7.99. The Morgan fingerprint density at radius 3 is 2.80 bits per heavy atom. The molecule has 2 atom stereocenters. The van der Waals surface area contributed by atoms with Gasteiger partial charge in [-0.05, 0) is 37.6 Å². The van der Waals surface area contributed by atoms with E-state index < -0.39 is 0 Å². The zero-order valence-corrected chi connectivity index (χ0v) is 13.2. The molecule has 4 heteroatoms. The van der Waals surface area contributed by atoms with E-state index in [9.17, 15) is 0 Å². The minimum atomic E-state index is 0.384. The van der Waals surface area contributed by atoms with E-state index in [1.54, 1.807) is 0 Å². The second-order valence-corrected chi connectivity index (χ2v) is 5.82. The number of benzene rings is 1. The second-order valence-electron chi connectivity index (χ2n) is 5.38. The van der Waals surface area contributed by atoms with Crippen LogP contribution in [-0.4, -0.2) is 44.3 Å². The van der Waals surface area contributed by atoms with Crippen molar-refractivity contribution in [1.82, 2.24) is 10.2 Å². The third kappa shape index (κ3) is 4.45. The van der Waals surface area contributed by atoms with E-state index in [1.165, 1.54) is 5.56 Å². The summed E-state index contributed by atoms with van der Waals surface area (Å²) in [6.45, 7) is 6.27. The van der Waals surface area contributed by atoms with Gasteiger partial charge in [-0.25, -0.2) is 0 Å². The first-order valence-corrected chi connectivity index (χ1v) is 7.87. The number of rotatable bonds is 6. The molecule has 20 heavy (non-hydrogen) atoms. The Hall–Kier alpha value is -0.610. The van der Waals surface area contributed by atoms with Crippen molar-refractivity contribution in [2.75, 3.05) is 33.3 Å². The summed E-state index contributed by atoms with van der Waals surface area (Å²) in [7, 11) is 2.02. The van der Waals surface area contributed by atoms with Crippen LogP contribution in [0.25, 0.3) is 0 Å².